The highest BCUT2D eigenvalue weighted by atomic mass is 32.2. The molecule has 0 spiro atoms. The largest absolute Gasteiger partial charge is 0.347 e. The summed E-state index contributed by atoms with van der Waals surface area (Å²) in [6.45, 7) is 2.73. The molecule has 0 aliphatic heterocycles. The van der Waals surface area contributed by atoms with Gasteiger partial charge in [-0.1, -0.05) is 55.8 Å². The van der Waals surface area contributed by atoms with Gasteiger partial charge in [-0.3, -0.25) is 9.59 Å². The standard InChI is InChI=1S/C22H26N4O4S/c1-3-4-13-26-22(28)19-8-6-5-7-18(19)20(25-26)21(27)24-14-16-9-11-17(12-10-16)15-31(29,30)23-2/h5-12,23H,3-4,13-15H2,1-2H3,(H,24,27). The topological polar surface area (TPSA) is 110 Å². The summed E-state index contributed by atoms with van der Waals surface area (Å²) in [6.07, 6.45) is 1.70. The Balaban J connectivity index is 1.79. The molecule has 1 aromatic heterocycles. The number of fused-ring (bicyclic) bond motifs is 1. The molecular weight excluding hydrogens is 416 g/mol. The zero-order valence-corrected chi connectivity index (χ0v) is 18.4. The Bertz CT molecular complexity index is 1230. The molecule has 164 valence electrons. The van der Waals surface area contributed by atoms with Gasteiger partial charge in [-0.05, 0) is 30.7 Å². The third-order valence-corrected chi connectivity index (χ3v) is 6.29. The van der Waals surface area contributed by atoms with Crippen LogP contribution in [-0.2, 0) is 28.9 Å². The van der Waals surface area contributed by atoms with Crippen LogP contribution in [0.4, 0.5) is 0 Å². The van der Waals surface area contributed by atoms with Gasteiger partial charge in [0, 0.05) is 18.5 Å². The predicted octanol–water partition coefficient (Wildman–Crippen LogP) is 2.18. The fraction of sp³-hybridized carbons (Fsp3) is 0.318. The minimum absolute atomic E-state index is 0.106. The quantitative estimate of drug-likeness (QED) is 0.528. The normalized spacial score (nSPS) is 11.5. The Morgan fingerprint density at radius 3 is 2.32 bits per heavy atom. The van der Waals surface area contributed by atoms with Crippen molar-refractivity contribution in [2.24, 2.45) is 0 Å². The van der Waals surface area contributed by atoms with Gasteiger partial charge in [-0.15, -0.1) is 0 Å². The third-order valence-electron chi connectivity index (χ3n) is 4.95. The molecule has 0 bridgehead atoms. The number of hydrogen-bond acceptors (Lipinski definition) is 5. The number of rotatable bonds is 9. The Labute approximate surface area is 181 Å². The van der Waals surface area contributed by atoms with Gasteiger partial charge >= 0.3 is 0 Å². The number of amides is 1. The van der Waals surface area contributed by atoms with Crippen molar-refractivity contribution in [2.75, 3.05) is 7.05 Å². The molecule has 0 atom stereocenters. The number of hydrogen-bond donors (Lipinski definition) is 2. The first kappa shape index (κ1) is 22.6. The zero-order chi connectivity index (χ0) is 22.4. The summed E-state index contributed by atoms with van der Waals surface area (Å²) in [5.41, 5.74) is 1.48. The number of nitrogens with one attached hydrogen (secondary N) is 2. The first-order valence-electron chi connectivity index (χ1n) is 10.1. The number of nitrogens with zero attached hydrogens (tertiary/aromatic N) is 2. The second-order valence-electron chi connectivity index (χ2n) is 7.24. The predicted molar refractivity (Wildman–Crippen MR) is 120 cm³/mol. The van der Waals surface area contributed by atoms with E-state index in [-0.39, 0.29) is 29.5 Å². The molecule has 9 heteroatoms. The lowest BCUT2D eigenvalue weighted by molar-refractivity contribution is 0.0945. The van der Waals surface area contributed by atoms with Gasteiger partial charge in [0.05, 0.1) is 11.1 Å². The smallest absolute Gasteiger partial charge is 0.274 e. The summed E-state index contributed by atoms with van der Waals surface area (Å²) < 4.78 is 26.9. The Morgan fingerprint density at radius 2 is 1.68 bits per heavy atom. The van der Waals surface area contributed by atoms with Crippen LogP contribution >= 0.6 is 0 Å². The number of carbonyl (C=O) groups excluding carboxylic acids is 1. The van der Waals surface area contributed by atoms with Crippen molar-refractivity contribution in [2.45, 2.75) is 38.6 Å². The van der Waals surface area contributed by atoms with Crippen LogP contribution in [0.3, 0.4) is 0 Å². The van der Waals surface area contributed by atoms with Crippen molar-refractivity contribution in [3.63, 3.8) is 0 Å². The van der Waals surface area contributed by atoms with Crippen LogP contribution in [0.2, 0.25) is 0 Å². The third kappa shape index (κ3) is 5.56. The van der Waals surface area contributed by atoms with E-state index >= 15 is 0 Å². The SMILES string of the molecule is CCCCn1nc(C(=O)NCc2ccc(CS(=O)(=O)NC)cc2)c2ccccc2c1=O. The molecule has 3 aromatic rings. The molecule has 31 heavy (non-hydrogen) atoms. The second kappa shape index (κ2) is 9.84. The average Bonchev–Trinajstić information content (AvgIpc) is 2.78. The highest BCUT2D eigenvalue weighted by Crippen LogP contribution is 2.14. The van der Waals surface area contributed by atoms with Gasteiger partial charge in [0.15, 0.2) is 5.69 Å². The van der Waals surface area contributed by atoms with E-state index in [1.807, 2.05) is 6.92 Å². The molecule has 0 aliphatic rings. The molecule has 2 aromatic carbocycles. The van der Waals surface area contributed by atoms with Crippen molar-refractivity contribution in [1.29, 1.82) is 0 Å². The van der Waals surface area contributed by atoms with E-state index in [9.17, 15) is 18.0 Å². The lowest BCUT2D eigenvalue weighted by Crippen LogP contribution is -2.30. The molecule has 0 radical (unpaired) electrons. The molecule has 0 saturated heterocycles. The lowest BCUT2D eigenvalue weighted by Gasteiger charge is -2.11. The summed E-state index contributed by atoms with van der Waals surface area (Å²) in [5.74, 6) is -0.478. The summed E-state index contributed by atoms with van der Waals surface area (Å²) in [4.78, 5) is 25.5. The van der Waals surface area contributed by atoms with Crippen LogP contribution < -0.4 is 15.6 Å². The van der Waals surface area contributed by atoms with Gasteiger partial charge in [-0.2, -0.15) is 5.10 Å². The van der Waals surface area contributed by atoms with Crippen molar-refractivity contribution in [3.05, 3.63) is 75.7 Å². The van der Waals surface area contributed by atoms with Gasteiger partial charge in [0.1, 0.15) is 0 Å². The maximum absolute atomic E-state index is 12.9. The lowest BCUT2D eigenvalue weighted by atomic mass is 10.1. The molecule has 0 unspecified atom stereocenters. The Kier molecular flexibility index (Phi) is 7.19. The number of aryl methyl sites for hydroxylation is 1. The number of carbonyl (C=O) groups is 1. The number of aromatic nitrogens is 2. The second-order valence-corrected chi connectivity index (χ2v) is 9.16. The van der Waals surface area contributed by atoms with Crippen LogP contribution in [0, 0.1) is 0 Å². The maximum atomic E-state index is 12.9. The molecule has 1 heterocycles. The van der Waals surface area contributed by atoms with Crippen molar-refractivity contribution >= 4 is 26.7 Å². The van der Waals surface area contributed by atoms with Crippen molar-refractivity contribution in [3.8, 4) is 0 Å². The minimum Gasteiger partial charge on any atom is -0.347 e. The van der Waals surface area contributed by atoms with Crippen LogP contribution in [0.1, 0.15) is 41.4 Å². The van der Waals surface area contributed by atoms with Gasteiger partial charge in [0.25, 0.3) is 11.5 Å². The molecular formula is C22H26N4O4S. The summed E-state index contributed by atoms with van der Waals surface area (Å²) in [5, 5.41) is 8.16. The molecule has 1 amide bonds. The van der Waals surface area contributed by atoms with Crippen LogP contribution in [-0.4, -0.2) is 31.2 Å². The average molecular weight is 443 g/mol. The molecule has 0 aliphatic carbocycles. The van der Waals surface area contributed by atoms with Crippen molar-refractivity contribution in [1.82, 2.24) is 19.8 Å². The van der Waals surface area contributed by atoms with Gasteiger partial charge < -0.3 is 5.32 Å². The van der Waals surface area contributed by atoms with E-state index in [1.54, 1.807) is 48.5 Å². The molecule has 0 saturated carbocycles. The van der Waals surface area contributed by atoms with E-state index in [2.05, 4.69) is 15.1 Å². The van der Waals surface area contributed by atoms with Gasteiger partial charge in [-0.25, -0.2) is 17.8 Å². The van der Waals surface area contributed by atoms with Gasteiger partial charge in [0.2, 0.25) is 10.0 Å². The van der Waals surface area contributed by atoms with E-state index in [4.69, 9.17) is 0 Å². The fourth-order valence-electron chi connectivity index (χ4n) is 3.17. The first-order chi connectivity index (χ1) is 14.8. The van der Waals surface area contributed by atoms with E-state index < -0.39 is 10.0 Å². The number of sulfonamides is 1. The van der Waals surface area contributed by atoms with Crippen LogP contribution in [0.5, 0.6) is 0 Å². The Morgan fingerprint density at radius 1 is 1.03 bits per heavy atom. The molecule has 0 fully saturated rings. The minimum atomic E-state index is -3.34. The maximum Gasteiger partial charge on any atom is 0.274 e. The van der Waals surface area contributed by atoms with Crippen LogP contribution in [0.25, 0.3) is 10.8 Å². The van der Waals surface area contributed by atoms with E-state index in [0.717, 1.165) is 18.4 Å². The van der Waals surface area contributed by atoms with Crippen molar-refractivity contribution < 1.29 is 13.2 Å². The molecule has 8 nitrogen and oxygen atoms in total. The summed E-state index contributed by atoms with van der Waals surface area (Å²) in [6, 6.07) is 13.9. The monoisotopic (exact) mass is 442 g/mol. The van der Waals surface area contributed by atoms with E-state index in [1.165, 1.54) is 11.7 Å². The fourth-order valence-corrected chi connectivity index (χ4v) is 3.95. The zero-order valence-electron chi connectivity index (χ0n) is 17.6. The number of benzene rings is 2. The summed E-state index contributed by atoms with van der Waals surface area (Å²) >= 11 is 0. The molecule has 3 rings (SSSR count). The summed E-state index contributed by atoms with van der Waals surface area (Å²) in [7, 11) is -1.96. The molecule has 2 N–H and O–H groups in total. The highest BCUT2D eigenvalue weighted by molar-refractivity contribution is 7.88. The first-order valence-corrected chi connectivity index (χ1v) is 11.8. The Hall–Kier alpha value is -3.04. The van der Waals surface area contributed by atoms with Crippen LogP contribution in [0.15, 0.2) is 53.3 Å². The number of unbranched alkanes of at least 4 members (excludes halogenated alkanes) is 1. The highest BCUT2D eigenvalue weighted by Gasteiger charge is 2.16. The van der Waals surface area contributed by atoms with E-state index in [0.29, 0.717) is 22.9 Å².